The molecule has 0 fully saturated rings. The SMILES string of the molecule is CC[C@@H](CO)NC[C@@H](C)c1ccccc1. The summed E-state index contributed by atoms with van der Waals surface area (Å²) in [7, 11) is 0. The van der Waals surface area contributed by atoms with Crippen LogP contribution in [0.3, 0.4) is 0 Å². The first-order valence-electron chi connectivity index (χ1n) is 5.67. The van der Waals surface area contributed by atoms with Gasteiger partial charge in [0.05, 0.1) is 6.61 Å². The van der Waals surface area contributed by atoms with E-state index in [9.17, 15) is 0 Å². The third-order valence-corrected chi connectivity index (χ3v) is 2.79. The van der Waals surface area contributed by atoms with Gasteiger partial charge in [0.2, 0.25) is 0 Å². The van der Waals surface area contributed by atoms with Gasteiger partial charge in [-0.15, -0.1) is 0 Å². The van der Waals surface area contributed by atoms with Crippen LogP contribution in [-0.4, -0.2) is 24.3 Å². The number of aliphatic hydroxyl groups excluding tert-OH is 1. The van der Waals surface area contributed by atoms with E-state index in [2.05, 4.69) is 43.4 Å². The molecule has 2 N–H and O–H groups in total. The Kier molecular flexibility index (Phi) is 5.37. The molecule has 0 bridgehead atoms. The lowest BCUT2D eigenvalue weighted by Crippen LogP contribution is -2.34. The highest BCUT2D eigenvalue weighted by atomic mass is 16.3. The van der Waals surface area contributed by atoms with Crippen molar-refractivity contribution in [3.63, 3.8) is 0 Å². The Bertz CT molecular complexity index is 256. The van der Waals surface area contributed by atoms with Crippen LogP contribution in [0.2, 0.25) is 0 Å². The van der Waals surface area contributed by atoms with Crippen LogP contribution in [-0.2, 0) is 0 Å². The molecule has 0 heterocycles. The summed E-state index contributed by atoms with van der Waals surface area (Å²) >= 11 is 0. The maximum absolute atomic E-state index is 9.05. The summed E-state index contributed by atoms with van der Waals surface area (Å²) in [6.45, 7) is 5.43. The minimum absolute atomic E-state index is 0.220. The third kappa shape index (κ3) is 4.02. The Morgan fingerprint density at radius 2 is 1.93 bits per heavy atom. The van der Waals surface area contributed by atoms with Crippen molar-refractivity contribution in [3.8, 4) is 0 Å². The lowest BCUT2D eigenvalue weighted by molar-refractivity contribution is 0.238. The first-order chi connectivity index (χ1) is 7.27. The normalized spacial score (nSPS) is 14.9. The Labute approximate surface area is 92.3 Å². The molecule has 0 saturated heterocycles. The first kappa shape index (κ1) is 12.2. The molecule has 0 aliphatic carbocycles. The predicted octanol–water partition coefficient (Wildman–Crippen LogP) is 2.15. The molecule has 2 atom stereocenters. The lowest BCUT2D eigenvalue weighted by atomic mass is 10.0. The van der Waals surface area contributed by atoms with Crippen LogP contribution in [0.25, 0.3) is 0 Å². The second kappa shape index (κ2) is 6.59. The molecule has 84 valence electrons. The van der Waals surface area contributed by atoms with E-state index in [1.54, 1.807) is 0 Å². The van der Waals surface area contributed by atoms with Gasteiger partial charge >= 0.3 is 0 Å². The minimum Gasteiger partial charge on any atom is -0.395 e. The Morgan fingerprint density at radius 3 is 2.47 bits per heavy atom. The molecule has 0 amide bonds. The topological polar surface area (TPSA) is 32.3 Å². The zero-order valence-electron chi connectivity index (χ0n) is 9.61. The van der Waals surface area contributed by atoms with Gasteiger partial charge in [0.15, 0.2) is 0 Å². The second-order valence-corrected chi connectivity index (χ2v) is 4.01. The van der Waals surface area contributed by atoms with Crippen LogP contribution in [0.5, 0.6) is 0 Å². The van der Waals surface area contributed by atoms with Gasteiger partial charge in [-0.25, -0.2) is 0 Å². The number of hydrogen-bond donors (Lipinski definition) is 2. The van der Waals surface area contributed by atoms with Crippen molar-refractivity contribution in [2.75, 3.05) is 13.2 Å². The van der Waals surface area contributed by atoms with Crippen molar-refractivity contribution in [3.05, 3.63) is 35.9 Å². The fraction of sp³-hybridized carbons (Fsp3) is 0.538. The van der Waals surface area contributed by atoms with Crippen LogP contribution in [0.15, 0.2) is 30.3 Å². The Hall–Kier alpha value is -0.860. The zero-order valence-corrected chi connectivity index (χ0v) is 9.61. The van der Waals surface area contributed by atoms with E-state index < -0.39 is 0 Å². The molecule has 1 aromatic rings. The molecule has 0 saturated carbocycles. The van der Waals surface area contributed by atoms with Gasteiger partial charge in [-0.05, 0) is 17.9 Å². The number of benzene rings is 1. The van der Waals surface area contributed by atoms with E-state index in [0.717, 1.165) is 13.0 Å². The van der Waals surface area contributed by atoms with Gasteiger partial charge in [-0.2, -0.15) is 0 Å². The van der Waals surface area contributed by atoms with E-state index in [1.165, 1.54) is 5.56 Å². The highest BCUT2D eigenvalue weighted by Gasteiger charge is 2.08. The first-order valence-corrected chi connectivity index (χ1v) is 5.67. The maximum Gasteiger partial charge on any atom is 0.0584 e. The molecular formula is C13H21NO. The van der Waals surface area contributed by atoms with E-state index in [-0.39, 0.29) is 12.6 Å². The highest BCUT2D eigenvalue weighted by Crippen LogP contribution is 2.13. The molecule has 0 aliphatic heterocycles. The highest BCUT2D eigenvalue weighted by molar-refractivity contribution is 5.18. The number of nitrogens with one attached hydrogen (secondary N) is 1. The summed E-state index contributed by atoms with van der Waals surface area (Å²) in [6, 6.07) is 10.7. The number of aliphatic hydroxyl groups is 1. The van der Waals surface area contributed by atoms with Gasteiger partial charge in [0.1, 0.15) is 0 Å². The summed E-state index contributed by atoms with van der Waals surface area (Å²) < 4.78 is 0. The van der Waals surface area contributed by atoms with Crippen molar-refractivity contribution < 1.29 is 5.11 Å². The predicted molar refractivity (Wildman–Crippen MR) is 64.0 cm³/mol. The van der Waals surface area contributed by atoms with E-state index in [4.69, 9.17) is 5.11 Å². The summed E-state index contributed by atoms with van der Waals surface area (Å²) in [5.41, 5.74) is 1.35. The van der Waals surface area contributed by atoms with Crippen LogP contribution >= 0.6 is 0 Å². The van der Waals surface area contributed by atoms with Crippen molar-refractivity contribution in [1.29, 1.82) is 0 Å². The smallest absolute Gasteiger partial charge is 0.0584 e. The van der Waals surface area contributed by atoms with Crippen molar-refractivity contribution >= 4 is 0 Å². The molecule has 15 heavy (non-hydrogen) atoms. The summed E-state index contributed by atoms with van der Waals surface area (Å²) in [6.07, 6.45) is 0.970. The Balaban J connectivity index is 2.39. The van der Waals surface area contributed by atoms with Gasteiger partial charge < -0.3 is 10.4 Å². The minimum atomic E-state index is 0.220. The van der Waals surface area contributed by atoms with Gasteiger partial charge in [0.25, 0.3) is 0 Å². The lowest BCUT2D eigenvalue weighted by Gasteiger charge is -2.18. The van der Waals surface area contributed by atoms with E-state index in [0.29, 0.717) is 5.92 Å². The number of hydrogen-bond acceptors (Lipinski definition) is 2. The molecule has 0 radical (unpaired) electrons. The van der Waals surface area contributed by atoms with Crippen LogP contribution in [0, 0.1) is 0 Å². The average molecular weight is 207 g/mol. The molecule has 0 spiro atoms. The molecule has 2 nitrogen and oxygen atoms in total. The molecule has 0 unspecified atom stereocenters. The van der Waals surface area contributed by atoms with Gasteiger partial charge in [-0.1, -0.05) is 44.2 Å². The van der Waals surface area contributed by atoms with E-state index >= 15 is 0 Å². The van der Waals surface area contributed by atoms with Crippen molar-refractivity contribution in [2.45, 2.75) is 32.2 Å². The zero-order chi connectivity index (χ0) is 11.1. The van der Waals surface area contributed by atoms with Gasteiger partial charge in [-0.3, -0.25) is 0 Å². The molecule has 1 aromatic carbocycles. The summed E-state index contributed by atoms with van der Waals surface area (Å²) in [5.74, 6) is 0.492. The molecular weight excluding hydrogens is 186 g/mol. The van der Waals surface area contributed by atoms with Gasteiger partial charge in [0, 0.05) is 12.6 Å². The molecule has 2 heteroatoms. The fourth-order valence-electron chi connectivity index (χ4n) is 1.58. The Morgan fingerprint density at radius 1 is 1.27 bits per heavy atom. The standard InChI is InChI=1S/C13H21NO/c1-3-13(10-15)14-9-11(2)12-7-5-4-6-8-12/h4-8,11,13-15H,3,9-10H2,1-2H3/t11-,13+/m1/s1. The molecule has 1 rings (SSSR count). The molecule has 0 aliphatic rings. The van der Waals surface area contributed by atoms with Crippen LogP contribution in [0.1, 0.15) is 31.7 Å². The van der Waals surface area contributed by atoms with Crippen molar-refractivity contribution in [1.82, 2.24) is 5.32 Å². The largest absolute Gasteiger partial charge is 0.395 e. The fourth-order valence-corrected chi connectivity index (χ4v) is 1.58. The van der Waals surface area contributed by atoms with Crippen LogP contribution < -0.4 is 5.32 Å². The second-order valence-electron chi connectivity index (χ2n) is 4.01. The molecule has 0 aromatic heterocycles. The van der Waals surface area contributed by atoms with Crippen LogP contribution in [0.4, 0.5) is 0 Å². The third-order valence-electron chi connectivity index (χ3n) is 2.79. The summed E-state index contributed by atoms with van der Waals surface area (Å²) in [4.78, 5) is 0. The maximum atomic E-state index is 9.05. The van der Waals surface area contributed by atoms with E-state index in [1.807, 2.05) is 6.07 Å². The number of rotatable bonds is 6. The summed E-state index contributed by atoms with van der Waals surface area (Å²) in [5, 5.41) is 12.4. The average Bonchev–Trinajstić information content (AvgIpc) is 2.31. The quantitative estimate of drug-likeness (QED) is 0.749. The monoisotopic (exact) mass is 207 g/mol. The van der Waals surface area contributed by atoms with Crippen molar-refractivity contribution in [2.24, 2.45) is 0 Å².